The van der Waals surface area contributed by atoms with Crippen molar-refractivity contribution in [2.24, 2.45) is 0 Å². The first kappa shape index (κ1) is 13.9. The first-order valence-corrected chi connectivity index (χ1v) is 6.81. The fourth-order valence-corrected chi connectivity index (χ4v) is 2.24. The van der Waals surface area contributed by atoms with Crippen LogP contribution in [0, 0.1) is 0 Å². The number of ether oxygens (including phenoxy) is 1. The summed E-state index contributed by atoms with van der Waals surface area (Å²) >= 11 is 0. The van der Waals surface area contributed by atoms with E-state index in [4.69, 9.17) is 16.2 Å². The minimum atomic E-state index is 0.150. The Morgan fingerprint density at radius 2 is 1.77 bits per heavy atom. The van der Waals surface area contributed by atoms with Crippen LogP contribution in [0.5, 0.6) is 11.5 Å². The maximum atomic E-state index is 5.98. The van der Waals surface area contributed by atoms with Gasteiger partial charge < -0.3 is 21.1 Å². The van der Waals surface area contributed by atoms with E-state index in [1.807, 2.05) is 61.5 Å². The van der Waals surface area contributed by atoms with Crippen molar-refractivity contribution in [3.63, 3.8) is 0 Å². The second-order valence-corrected chi connectivity index (χ2v) is 5.11. The molecule has 0 aliphatic rings. The van der Waals surface area contributed by atoms with Crippen LogP contribution in [0.3, 0.4) is 0 Å². The number of hydrogen-bond donors (Lipinski definition) is 2. The molecule has 0 fully saturated rings. The molecule has 3 aromatic rings. The van der Waals surface area contributed by atoms with Gasteiger partial charge in [0.05, 0.1) is 10.9 Å². The molecule has 0 aliphatic carbocycles. The summed E-state index contributed by atoms with van der Waals surface area (Å²) in [5.74, 6) is 1.78. The van der Waals surface area contributed by atoms with Gasteiger partial charge in [-0.1, -0.05) is 12.1 Å². The van der Waals surface area contributed by atoms with Crippen LogP contribution in [-0.2, 0) is 0 Å². The van der Waals surface area contributed by atoms with E-state index in [2.05, 4.69) is 9.97 Å². The van der Waals surface area contributed by atoms with Crippen LogP contribution in [-0.4, -0.2) is 24.1 Å². The largest absolute Gasteiger partial charge is 0.456 e. The quantitative estimate of drug-likeness (QED) is 0.772. The second kappa shape index (κ2) is 5.40. The Kier molecular flexibility index (Phi) is 3.42. The van der Waals surface area contributed by atoms with Crippen LogP contribution >= 0.6 is 0 Å². The average molecular weight is 295 g/mol. The lowest BCUT2D eigenvalue weighted by molar-refractivity contribution is 0.488. The number of hydrogen-bond acceptors (Lipinski definition) is 6. The number of rotatable bonds is 3. The second-order valence-electron chi connectivity index (χ2n) is 5.11. The first-order chi connectivity index (χ1) is 10.5. The van der Waals surface area contributed by atoms with E-state index in [-0.39, 0.29) is 5.95 Å². The Morgan fingerprint density at radius 3 is 2.55 bits per heavy atom. The lowest BCUT2D eigenvalue weighted by Gasteiger charge is -2.15. The Labute approximate surface area is 128 Å². The minimum absolute atomic E-state index is 0.150. The predicted octanol–water partition coefficient (Wildman–Crippen LogP) is 2.65. The van der Waals surface area contributed by atoms with Gasteiger partial charge in [-0.2, -0.15) is 4.98 Å². The topological polar surface area (TPSA) is 90.3 Å². The molecule has 0 radical (unpaired) electrons. The molecule has 6 heteroatoms. The monoisotopic (exact) mass is 295 g/mol. The molecular formula is C16H17N5O. The molecule has 0 unspecified atom stereocenters. The van der Waals surface area contributed by atoms with Crippen molar-refractivity contribution in [1.82, 2.24) is 9.97 Å². The van der Waals surface area contributed by atoms with E-state index in [1.165, 1.54) is 0 Å². The molecule has 0 aliphatic heterocycles. The molecule has 0 saturated heterocycles. The fourth-order valence-electron chi connectivity index (χ4n) is 2.24. The maximum absolute atomic E-state index is 5.98. The van der Waals surface area contributed by atoms with Crippen molar-refractivity contribution in [2.45, 2.75) is 0 Å². The molecule has 6 nitrogen and oxygen atoms in total. The van der Waals surface area contributed by atoms with Gasteiger partial charge in [0.2, 0.25) is 5.95 Å². The summed E-state index contributed by atoms with van der Waals surface area (Å²) in [5, 5.41) is 0.659. The number of anilines is 3. The lowest BCUT2D eigenvalue weighted by atomic mass is 10.2. The van der Waals surface area contributed by atoms with E-state index in [0.29, 0.717) is 22.5 Å². The Bertz CT molecular complexity index is 832. The predicted molar refractivity (Wildman–Crippen MR) is 89.2 cm³/mol. The molecular weight excluding hydrogens is 278 g/mol. The normalized spacial score (nSPS) is 10.6. The van der Waals surface area contributed by atoms with E-state index in [1.54, 1.807) is 0 Å². The van der Waals surface area contributed by atoms with Crippen LogP contribution < -0.4 is 21.1 Å². The van der Waals surface area contributed by atoms with Crippen LogP contribution in [0.25, 0.3) is 10.9 Å². The molecule has 4 N–H and O–H groups in total. The molecule has 0 amide bonds. The lowest BCUT2D eigenvalue weighted by Crippen LogP contribution is -2.08. The number of nitrogens with two attached hydrogens (primary N) is 2. The van der Waals surface area contributed by atoms with Crippen LogP contribution in [0.15, 0.2) is 42.5 Å². The zero-order valence-electron chi connectivity index (χ0n) is 12.4. The highest BCUT2D eigenvalue weighted by molar-refractivity contribution is 5.94. The number of nitrogen functional groups attached to an aromatic ring is 2. The highest BCUT2D eigenvalue weighted by atomic mass is 16.5. The van der Waals surface area contributed by atoms with E-state index >= 15 is 0 Å². The van der Waals surface area contributed by atoms with Crippen molar-refractivity contribution in [2.75, 3.05) is 30.5 Å². The fraction of sp³-hybridized carbons (Fsp3) is 0.125. The average Bonchev–Trinajstić information content (AvgIpc) is 2.47. The molecule has 0 spiro atoms. The van der Waals surface area contributed by atoms with Crippen LogP contribution in [0.2, 0.25) is 0 Å². The van der Waals surface area contributed by atoms with Crippen molar-refractivity contribution < 1.29 is 4.74 Å². The van der Waals surface area contributed by atoms with Gasteiger partial charge in [0.15, 0.2) is 0 Å². The maximum Gasteiger partial charge on any atom is 0.222 e. The molecule has 0 atom stereocenters. The smallest absolute Gasteiger partial charge is 0.222 e. The number of nitrogens with zero attached hydrogens (tertiary/aromatic N) is 3. The summed E-state index contributed by atoms with van der Waals surface area (Å²) in [4.78, 5) is 10.2. The third-order valence-electron chi connectivity index (χ3n) is 3.29. The molecule has 1 aromatic heterocycles. The summed E-state index contributed by atoms with van der Waals surface area (Å²) in [7, 11) is 3.96. The molecule has 112 valence electrons. The summed E-state index contributed by atoms with van der Waals surface area (Å²) in [5.41, 5.74) is 13.3. The SMILES string of the molecule is CN(C)c1cccc(Oc2cccc3nc(N)nc(N)c23)c1. The van der Waals surface area contributed by atoms with Crippen molar-refractivity contribution in [3.05, 3.63) is 42.5 Å². The standard InChI is InChI=1S/C16H17N5O/c1-21(2)10-5-3-6-11(9-10)22-13-8-4-7-12-14(13)15(17)20-16(18)19-12/h3-9H,1-2H3,(H4,17,18,19,20). The Morgan fingerprint density at radius 1 is 1.00 bits per heavy atom. The summed E-state index contributed by atoms with van der Waals surface area (Å²) in [6, 6.07) is 13.3. The molecule has 1 heterocycles. The summed E-state index contributed by atoms with van der Waals surface area (Å²) < 4.78 is 5.98. The van der Waals surface area contributed by atoms with Gasteiger partial charge in [-0.3, -0.25) is 0 Å². The van der Waals surface area contributed by atoms with Crippen molar-refractivity contribution >= 4 is 28.4 Å². The van der Waals surface area contributed by atoms with E-state index < -0.39 is 0 Å². The molecule has 3 rings (SSSR count). The van der Waals surface area contributed by atoms with Gasteiger partial charge in [0, 0.05) is 25.8 Å². The van der Waals surface area contributed by atoms with Crippen LogP contribution in [0.1, 0.15) is 0 Å². The Hall–Kier alpha value is -3.02. The third-order valence-corrected chi connectivity index (χ3v) is 3.29. The number of fused-ring (bicyclic) bond motifs is 1. The van der Waals surface area contributed by atoms with Gasteiger partial charge in [0.1, 0.15) is 17.3 Å². The van der Waals surface area contributed by atoms with Gasteiger partial charge in [-0.15, -0.1) is 0 Å². The molecule has 0 saturated carbocycles. The van der Waals surface area contributed by atoms with Crippen molar-refractivity contribution in [1.29, 1.82) is 0 Å². The van der Waals surface area contributed by atoms with Gasteiger partial charge in [-0.05, 0) is 24.3 Å². The Balaban J connectivity index is 2.06. The van der Waals surface area contributed by atoms with Crippen molar-refractivity contribution in [3.8, 4) is 11.5 Å². The van der Waals surface area contributed by atoms with E-state index in [0.717, 1.165) is 11.4 Å². The number of aromatic nitrogens is 2. The highest BCUT2D eigenvalue weighted by Crippen LogP contribution is 2.33. The molecule has 2 aromatic carbocycles. The van der Waals surface area contributed by atoms with Gasteiger partial charge >= 0.3 is 0 Å². The zero-order chi connectivity index (χ0) is 15.7. The van der Waals surface area contributed by atoms with E-state index in [9.17, 15) is 0 Å². The molecule has 22 heavy (non-hydrogen) atoms. The first-order valence-electron chi connectivity index (χ1n) is 6.81. The highest BCUT2D eigenvalue weighted by Gasteiger charge is 2.10. The molecule has 0 bridgehead atoms. The zero-order valence-corrected chi connectivity index (χ0v) is 12.4. The van der Waals surface area contributed by atoms with Gasteiger partial charge in [-0.25, -0.2) is 4.98 Å². The van der Waals surface area contributed by atoms with Gasteiger partial charge in [0.25, 0.3) is 0 Å². The number of benzene rings is 2. The van der Waals surface area contributed by atoms with Crippen LogP contribution in [0.4, 0.5) is 17.5 Å². The summed E-state index contributed by atoms with van der Waals surface area (Å²) in [6.07, 6.45) is 0. The third kappa shape index (κ3) is 2.58. The minimum Gasteiger partial charge on any atom is -0.456 e. The summed E-state index contributed by atoms with van der Waals surface area (Å²) in [6.45, 7) is 0.